The first-order valence-corrected chi connectivity index (χ1v) is 7.45. The van der Waals surface area contributed by atoms with Crippen molar-refractivity contribution < 1.29 is 27.5 Å². The van der Waals surface area contributed by atoms with Gasteiger partial charge in [-0.25, -0.2) is 0 Å². The van der Waals surface area contributed by atoms with Gasteiger partial charge in [0.2, 0.25) is 0 Å². The van der Waals surface area contributed by atoms with Crippen LogP contribution in [0.15, 0.2) is 31.0 Å². The molecule has 2 rings (SSSR count). The Balaban J connectivity index is 2.25. The maximum atomic E-state index is 13.4. The molecule has 0 aliphatic carbocycles. The van der Waals surface area contributed by atoms with Crippen molar-refractivity contribution in [2.24, 2.45) is 17.6 Å². The second-order valence-corrected chi connectivity index (χ2v) is 6.03. The molecule has 0 unspecified atom stereocenters. The topological polar surface area (TPSA) is 94.3 Å². The van der Waals surface area contributed by atoms with E-state index in [2.05, 4.69) is 16.9 Å². The smallest absolute Gasteiger partial charge is 0.364 e. The van der Waals surface area contributed by atoms with E-state index >= 15 is 0 Å². The molecule has 136 valence electrons. The van der Waals surface area contributed by atoms with Crippen molar-refractivity contribution in [2.45, 2.75) is 31.7 Å². The number of alkyl halides is 3. The first kappa shape index (κ1) is 18.9. The average Bonchev–Trinajstić information content (AvgIpc) is 2.80. The van der Waals surface area contributed by atoms with Crippen molar-refractivity contribution in [3.8, 4) is 0 Å². The monoisotopic (exact) mass is 357 g/mol. The third kappa shape index (κ3) is 3.37. The molecule has 4 atom stereocenters. The van der Waals surface area contributed by atoms with Crippen LogP contribution in [0.1, 0.15) is 24.3 Å². The van der Waals surface area contributed by atoms with Crippen molar-refractivity contribution >= 4 is 17.5 Å². The fourth-order valence-electron chi connectivity index (χ4n) is 2.82. The summed E-state index contributed by atoms with van der Waals surface area (Å²) < 4.78 is 45.2. The summed E-state index contributed by atoms with van der Waals surface area (Å²) in [5.41, 5.74) is 2.73. The van der Waals surface area contributed by atoms with Crippen LogP contribution in [0.2, 0.25) is 0 Å². The fraction of sp³-hybridized carbons (Fsp3) is 0.438. The number of primary amides is 1. The van der Waals surface area contributed by atoms with Gasteiger partial charge >= 0.3 is 6.18 Å². The van der Waals surface area contributed by atoms with Crippen molar-refractivity contribution in [1.29, 1.82) is 0 Å². The lowest BCUT2D eigenvalue weighted by atomic mass is 9.81. The molecule has 0 aromatic carbocycles. The first-order chi connectivity index (χ1) is 11.5. The molecule has 9 heteroatoms. The number of carbonyl (C=O) groups is 2. The van der Waals surface area contributed by atoms with Gasteiger partial charge in [0, 0.05) is 23.7 Å². The number of ether oxygens (including phenoxy) is 1. The highest BCUT2D eigenvalue weighted by molar-refractivity contribution is 5.97. The number of rotatable bonds is 4. The normalized spacial score (nSPS) is 29.2. The number of aromatic nitrogens is 1. The number of nitrogens with one attached hydrogen (secondary N) is 1. The summed E-state index contributed by atoms with van der Waals surface area (Å²) in [5, 5.41) is 2.43. The minimum Gasteiger partial charge on any atom is -0.364 e. The Labute approximate surface area is 142 Å². The summed E-state index contributed by atoms with van der Waals surface area (Å²) in [5.74, 6) is -3.40. The Kier molecular flexibility index (Phi) is 4.90. The van der Waals surface area contributed by atoms with Crippen LogP contribution in [0.5, 0.6) is 0 Å². The Hall–Kier alpha value is -2.42. The van der Waals surface area contributed by atoms with Gasteiger partial charge in [-0.2, -0.15) is 13.2 Å². The van der Waals surface area contributed by atoms with Crippen LogP contribution in [0.3, 0.4) is 0 Å². The molecule has 3 N–H and O–H groups in total. The van der Waals surface area contributed by atoms with Gasteiger partial charge in [-0.05, 0) is 19.1 Å². The molecule has 1 saturated heterocycles. The molecule has 0 saturated carbocycles. The minimum atomic E-state index is -4.64. The average molecular weight is 357 g/mol. The molecule has 0 bridgehead atoms. The Morgan fingerprint density at radius 3 is 2.64 bits per heavy atom. The Morgan fingerprint density at radius 2 is 2.12 bits per heavy atom. The molecular formula is C16H18F3N3O3. The van der Waals surface area contributed by atoms with Gasteiger partial charge in [-0.3, -0.25) is 14.6 Å². The summed E-state index contributed by atoms with van der Waals surface area (Å²) in [6.45, 7) is 5.80. The van der Waals surface area contributed by atoms with E-state index in [1.54, 1.807) is 0 Å². The zero-order valence-electron chi connectivity index (χ0n) is 13.6. The highest BCUT2D eigenvalue weighted by atomic mass is 19.4. The second-order valence-electron chi connectivity index (χ2n) is 6.03. The van der Waals surface area contributed by atoms with Crippen LogP contribution in [0.25, 0.3) is 0 Å². The van der Waals surface area contributed by atoms with E-state index in [0.717, 1.165) is 6.92 Å². The van der Waals surface area contributed by atoms with Crippen LogP contribution in [0.4, 0.5) is 18.9 Å². The predicted molar refractivity (Wildman–Crippen MR) is 83.6 cm³/mol. The van der Waals surface area contributed by atoms with Gasteiger partial charge < -0.3 is 15.8 Å². The molecule has 1 aliphatic rings. The van der Waals surface area contributed by atoms with E-state index in [4.69, 9.17) is 10.5 Å². The molecule has 0 spiro atoms. The largest absolute Gasteiger partial charge is 0.417 e. The Morgan fingerprint density at radius 1 is 1.48 bits per heavy atom. The highest BCUT2D eigenvalue weighted by Crippen LogP contribution is 2.50. The van der Waals surface area contributed by atoms with Gasteiger partial charge in [-0.15, -0.1) is 6.58 Å². The number of halogens is 3. The molecule has 1 aromatic heterocycles. The van der Waals surface area contributed by atoms with Crippen LogP contribution >= 0.6 is 0 Å². The quantitative estimate of drug-likeness (QED) is 0.809. The third-order valence-electron chi connectivity index (χ3n) is 4.54. The molecule has 1 aliphatic heterocycles. The Bertz CT molecular complexity index is 707. The summed E-state index contributed by atoms with van der Waals surface area (Å²) in [4.78, 5) is 27.3. The molecule has 0 radical (unpaired) electrons. The molecule has 1 fully saturated rings. The third-order valence-corrected chi connectivity index (χ3v) is 4.54. The standard InChI is InChI=1S/C16H18F3N3O3/c1-4-10-8(2)15(3,16(17,18)19)25-12(10)14(24)22-9-5-6-21-11(7-9)13(20)23/h4-8,10,12H,1H2,2-3H3,(H2,20,23)(H,21,22,24)/t8-,10+,12+,15+/m0/s1. The number of carbonyl (C=O) groups excluding carboxylic acids is 2. The van der Waals surface area contributed by atoms with E-state index in [0.29, 0.717) is 0 Å². The zero-order chi connectivity index (χ0) is 19.0. The van der Waals surface area contributed by atoms with Crippen LogP contribution in [0, 0.1) is 11.8 Å². The number of pyridine rings is 1. The van der Waals surface area contributed by atoms with Gasteiger partial charge in [0.15, 0.2) is 5.60 Å². The van der Waals surface area contributed by atoms with E-state index in [-0.39, 0.29) is 11.4 Å². The second kappa shape index (κ2) is 6.47. The van der Waals surface area contributed by atoms with Gasteiger partial charge in [0.05, 0.1) is 0 Å². The van der Waals surface area contributed by atoms with Gasteiger partial charge in [-0.1, -0.05) is 13.0 Å². The molecule has 25 heavy (non-hydrogen) atoms. The molecule has 6 nitrogen and oxygen atoms in total. The highest BCUT2D eigenvalue weighted by Gasteiger charge is 2.64. The van der Waals surface area contributed by atoms with Crippen molar-refractivity contribution in [1.82, 2.24) is 4.98 Å². The van der Waals surface area contributed by atoms with E-state index in [1.165, 1.54) is 31.3 Å². The van der Waals surface area contributed by atoms with Crippen LogP contribution < -0.4 is 11.1 Å². The molecule has 2 amide bonds. The summed E-state index contributed by atoms with van der Waals surface area (Å²) >= 11 is 0. The SMILES string of the molecule is C=C[C@H]1[C@H](C(=O)Nc2ccnc(C(N)=O)c2)O[C@@](C)(C(F)(F)F)[C@H]1C. The maximum Gasteiger partial charge on any atom is 0.417 e. The summed E-state index contributed by atoms with van der Waals surface area (Å²) in [7, 11) is 0. The maximum absolute atomic E-state index is 13.4. The van der Waals surface area contributed by atoms with E-state index in [1.807, 2.05) is 0 Å². The van der Waals surface area contributed by atoms with E-state index in [9.17, 15) is 22.8 Å². The lowest BCUT2D eigenvalue weighted by Gasteiger charge is -2.31. The number of nitrogens with two attached hydrogens (primary N) is 1. The van der Waals surface area contributed by atoms with Crippen molar-refractivity contribution in [3.63, 3.8) is 0 Å². The predicted octanol–water partition coefficient (Wildman–Crippen LogP) is 2.28. The fourth-order valence-corrected chi connectivity index (χ4v) is 2.82. The zero-order valence-corrected chi connectivity index (χ0v) is 13.6. The van der Waals surface area contributed by atoms with Gasteiger partial charge in [0.1, 0.15) is 11.8 Å². The number of nitrogens with zero attached hydrogens (tertiary/aromatic N) is 1. The van der Waals surface area contributed by atoms with Crippen LogP contribution in [-0.2, 0) is 9.53 Å². The van der Waals surface area contributed by atoms with Crippen LogP contribution in [-0.4, -0.2) is 34.7 Å². The minimum absolute atomic E-state index is 0.0843. The van der Waals surface area contributed by atoms with E-state index < -0.39 is 41.5 Å². The van der Waals surface area contributed by atoms with Crippen molar-refractivity contribution in [2.75, 3.05) is 5.32 Å². The lowest BCUT2D eigenvalue weighted by Crippen LogP contribution is -2.47. The number of hydrogen-bond acceptors (Lipinski definition) is 4. The number of hydrogen-bond donors (Lipinski definition) is 2. The summed E-state index contributed by atoms with van der Waals surface area (Å²) in [6.07, 6.45) is -3.48. The number of amides is 2. The van der Waals surface area contributed by atoms with Crippen molar-refractivity contribution in [3.05, 3.63) is 36.7 Å². The molecule has 2 heterocycles. The van der Waals surface area contributed by atoms with Gasteiger partial charge in [0.25, 0.3) is 11.8 Å². The molecular weight excluding hydrogens is 339 g/mol. The summed E-state index contributed by atoms with van der Waals surface area (Å²) in [6, 6.07) is 2.61. The number of anilines is 1. The first-order valence-electron chi connectivity index (χ1n) is 7.45. The lowest BCUT2D eigenvalue weighted by molar-refractivity contribution is -0.272. The molecule has 1 aromatic rings.